The Morgan fingerprint density at radius 3 is 2.21 bits per heavy atom. The van der Waals surface area contributed by atoms with E-state index in [1.54, 1.807) is 17.0 Å². The number of hydrogen-bond acceptors (Lipinski definition) is 2. The van der Waals surface area contributed by atoms with Crippen LogP contribution in [0, 0.1) is 5.41 Å². The third kappa shape index (κ3) is 4.04. The van der Waals surface area contributed by atoms with Gasteiger partial charge in [-0.15, -0.1) is 0 Å². The van der Waals surface area contributed by atoms with Crippen LogP contribution in [0.15, 0.2) is 78.9 Å². The Bertz CT molecular complexity index is 1200. The molecule has 1 unspecified atom stereocenters. The second-order valence-electron chi connectivity index (χ2n) is 8.87. The van der Waals surface area contributed by atoms with Gasteiger partial charge in [0.05, 0.1) is 21.5 Å². The third-order valence-electron chi connectivity index (χ3n) is 6.95. The van der Waals surface area contributed by atoms with Crippen LogP contribution in [0.1, 0.15) is 30.0 Å². The summed E-state index contributed by atoms with van der Waals surface area (Å²) in [7, 11) is 0. The van der Waals surface area contributed by atoms with Gasteiger partial charge in [-0.3, -0.25) is 4.79 Å². The molecule has 0 aromatic heterocycles. The molecule has 34 heavy (non-hydrogen) atoms. The maximum absolute atomic E-state index is 13.6. The number of anilines is 1. The van der Waals surface area contributed by atoms with E-state index in [-0.39, 0.29) is 18.0 Å². The molecule has 2 saturated heterocycles. The number of nitrogens with zero attached hydrogens (tertiary/aromatic N) is 2. The van der Waals surface area contributed by atoms with E-state index in [9.17, 15) is 9.59 Å². The SMILES string of the molecule is O=C(NCc1ccc(Cl)c(Cl)c1)N1CCC2(CC1)C(=O)N(c1ccccc1)C2c1ccccc1. The molecule has 174 valence electrons. The fourth-order valence-electron chi connectivity index (χ4n) is 5.15. The molecule has 0 saturated carbocycles. The number of piperidine rings is 1. The molecule has 2 heterocycles. The summed E-state index contributed by atoms with van der Waals surface area (Å²) in [4.78, 5) is 30.1. The molecule has 2 aliphatic heterocycles. The van der Waals surface area contributed by atoms with Crippen molar-refractivity contribution >= 4 is 40.8 Å². The highest BCUT2D eigenvalue weighted by Gasteiger charge is 2.62. The number of halogens is 2. The second-order valence-corrected chi connectivity index (χ2v) is 9.69. The summed E-state index contributed by atoms with van der Waals surface area (Å²) in [5.41, 5.74) is 2.43. The molecule has 0 bridgehead atoms. The van der Waals surface area contributed by atoms with Crippen LogP contribution in [0.4, 0.5) is 10.5 Å². The highest BCUT2D eigenvalue weighted by Crippen LogP contribution is 2.57. The van der Waals surface area contributed by atoms with E-state index in [4.69, 9.17) is 23.2 Å². The Morgan fingerprint density at radius 2 is 1.56 bits per heavy atom. The molecule has 1 atom stereocenters. The van der Waals surface area contributed by atoms with E-state index in [2.05, 4.69) is 17.4 Å². The zero-order chi connectivity index (χ0) is 23.7. The van der Waals surface area contributed by atoms with Gasteiger partial charge in [-0.1, -0.05) is 77.8 Å². The molecule has 5 nitrogen and oxygen atoms in total. The van der Waals surface area contributed by atoms with Crippen LogP contribution in [0.25, 0.3) is 0 Å². The van der Waals surface area contributed by atoms with Crippen LogP contribution >= 0.6 is 23.2 Å². The third-order valence-corrected chi connectivity index (χ3v) is 7.69. The Kier molecular flexibility index (Phi) is 6.24. The van der Waals surface area contributed by atoms with Gasteiger partial charge in [0.1, 0.15) is 0 Å². The Labute approximate surface area is 209 Å². The summed E-state index contributed by atoms with van der Waals surface area (Å²) in [6, 6.07) is 25.2. The van der Waals surface area contributed by atoms with Crippen molar-refractivity contribution in [3.63, 3.8) is 0 Å². The minimum Gasteiger partial charge on any atom is -0.334 e. The molecule has 7 heteroatoms. The summed E-state index contributed by atoms with van der Waals surface area (Å²) in [5, 5.41) is 3.91. The minimum absolute atomic E-state index is 0.0370. The van der Waals surface area contributed by atoms with Crippen LogP contribution in [0.2, 0.25) is 10.0 Å². The van der Waals surface area contributed by atoms with Crippen LogP contribution in [0.5, 0.6) is 0 Å². The fourth-order valence-corrected chi connectivity index (χ4v) is 5.47. The predicted molar refractivity (Wildman–Crippen MR) is 135 cm³/mol. The van der Waals surface area contributed by atoms with E-state index in [0.717, 1.165) is 16.8 Å². The lowest BCUT2D eigenvalue weighted by atomic mass is 9.62. The van der Waals surface area contributed by atoms with Crippen molar-refractivity contribution in [2.24, 2.45) is 5.41 Å². The summed E-state index contributed by atoms with van der Waals surface area (Å²) >= 11 is 12.0. The average molecular weight is 494 g/mol. The van der Waals surface area contributed by atoms with Gasteiger partial charge < -0.3 is 15.1 Å². The molecule has 0 radical (unpaired) electrons. The molecule has 1 spiro atoms. The van der Waals surface area contributed by atoms with Gasteiger partial charge in [0.25, 0.3) is 0 Å². The first-order chi connectivity index (χ1) is 16.5. The van der Waals surface area contributed by atoms with E-state index < -0.39 is 5.41 Å². The maximum Gasteiger partial charge on any atom is 0.317 e. The van der Waals surface area contributed by atoms with Crippen LogP contribution < -0.4 is 10.2 Å². The number of para-hydroxylation sites is 1. The first-order valence-corrected chi connectivity index (χ1v) is 12.2. The summed E-state index contributed by atoms with van der Waals surface area (Å²) in [6.45, 7) is 1.43. The summed E-state index contributed by atoms with van der Waals surface area (Å²) < 4.78 is 0. The standard InChI is InChI=1S/C27H25Cl2N3O2/c28-22-12-11-19(17-23(22)29)18-30-26(34)31-15-13-27(14-16-31)24(20-7-3-1-4-8-20)32(25(27)33)21-9-5-2-6-10-21/h1-12,17,24H,13-16,18H2,(H,30,34). The zero-order valence-electron chi connectivity index (χ0n) is 18.6. The highest BCUT2D eigenvalue weighted by atomic mass is 35.5. The predicted octanol–water partition coefficient (Wildman–Crippen LogP) is 6.07. The Balaban J connectivity index is 1.29. The van der Waals surface area contributed by atoms with Crippen molar-refractivity contribution in [1.29, 1.82) is 0 Å². The molecule has 2 fully saturated rings. The molecular formula is C27H25Cl2N3O2. The largest absolute Gasteiger partial charge is 0.334 e. The lowest BCUT2D eigenvalue weighted by Crippen LogP contribution is -2.67. The molecular weight excluding hydrogens is 469 g/mol. The van der Waals surface area contributed by atoms with E-state index in [1.165, 1.54) is 0 Å². The number of carbonyl (C=O) groups excluding carboxylic acids is 2. The molecule has 5 rings (SSSR count). The lowest BCUT2D eigenvalue weighted by Gasteiger charge is -2.59. The zero-order valence-corrected chi connectivity index (χ0v) is 20.1. The summed E-state index contributed by atoms with van der Waals surface area (Å²) in [5.74, 6) is 0.142. The topological polar surface area (TPSA) is 52.7 Å². The van der Waals surface area contributed by atoms with Gasteiger partial charge >= 0.3 is 6.03 Å². The second kappa shape index (κ2) is 9.32. The monoisotopic (exact) mass is 493 g/mol. The number of β-lactam (4-membered cyclic amide) rings is 1. The fraction of sp³-hybridized carbons (Fsp3) is 0.259. The molecule has 0 aliphatic carbocycles. The van der Waals surface area contributed by atoms with Crippen molar-refractivity contribution in [2.45, 2.75) is 25.4 Å². The lowest BCUT2D eigenvalue weighted by molar-refractivity contribution is -0.144. The minimum atomic E-state index is -0.488. The summed E-state index contributed by atoms with van der Waals surface area (Å²) in [6.07, 6.45) is 1.27. The molecule has 3 aromatic rings. The first kappa shape index (κ1) is 22.8. The van der Waals surface area contributed by atoms with Crippen molar-refractivity contribution < 1.29 is 9.59 Å². The van der Waals surface area contributed by atoms with Crippen molar-refractivity contribution in [3.05, 3.63) is 100 Å². The van der Waals surface area contributed by atoms with E-state index in [0.29, 0.717) is 42.5 Å². The Morgan fingerprint density at radius 1 is 0.912 bits per heavy atom. The molecule has 3 amide bonds. The van der Waals surface area contributed by atoms with Crippen LogP contribution in [0.3, 0.4) is 0 Å². The van der Waals surface area contributed by atoms with E-state index >= 15 is 0 Å². The number of likely N-dealkylation sites (tertiary alicyclic amines) is 1. The van der Waals surface area contributed by atoms with E-state index in [1.807, 2.05) is 59.5 Å². The first-order valence-electron chi connectivity index (χ1n) is 11.4. The molecule has 2 aliphatic rings. The maximum atomic E-state index is 13.6. The van der Waals surface area contributed by atoms with Crippen molar-refractivity contribution in [3.8, 4) is 0 Å². The van der Waals surface area contributed by atoms with Gasteiger partial charge in [-0.05, 0) is 48.2 Å². The highest BCUT2D eigenvalue weighted by molar-refractivity contribution is 6.42. The van der Waals surface area contributed by atoms with Crippen LogP contribution in [-0.2, 0) is 11.3 Å². The average Bonchev–Trinajstić information content (AvgIpc) is 2.88. The van der Waals surface area contributed by atoms with Gasteiger partial charge in [0, 0.05) is 25.3 Å². The number of hydrogen-bond donors (Lipinski definition) is 1. The number of carbonyl (C=O) groups is 2. The number of amides is 3. The van der Waals surface area contributed by atoms with Crippen molar-refractivity contribution in [2.75, 3.05) is 18.0 Å². The Hall–Kier alpha value is -3.02. The number of benzene rings is 3. The normalized spacial score (nSPS) is 19.1. The van der Waals surface area contributed by atoms with Crippen LogP contribution in [-0.4, -0.2) is 29.9 Å². The quantitative estimate of drug-likeness (QED) is 0.448. The number of nitrogens with one attached hydrogen (secondary N) is 1. The molecule has 1 N–H and O–H groups in total. The van der Waals surface area contributed by atoms with Gasteiger partial charge in [-0.2, -0.15) is 0 Å². The number of urea groups is 1. The smallest absolute Gasteiger partial charge is 0.317 e. The molecule has 3 aromatic carbocycles. The van der Waals surface area contributed by atoms with Crippen molar-refractivity contribution in [1.82, 2.24) is 10.2 Å². The van der Waals surface area contributed by atoms with Gasteiger partial charge in [-0.25, -0.2) is 4.79 Å². The van der Waals surface area contributed by atoms with Gasteiger partial charge in [0.2, 0.25) is 5.91 Å². The van der Waals surface area contributed by atoms with Gasteiger partial charge in [0.15, 0.2) is 0 Å². The number of rotatable bonds is 4.